The molecule has 5 nitrogen and oxygen atoms in total. The van der Waals surface area contributed by atoms with Gasteiger partial charge in [0, 0.05) is 25.1 Å². The molecule has 1 aliphatic rings. The maximum atomic E-state index is 12.2. The lowest BCUT2D eigenvalue weighted by atomic mass is 9.83. The Hall–Kier alpha value is -1.04. The molecule has 0 aromatic heterocycles. The topological polar surface area (TPSA) is 80.5 Å². The van der Waals surface area contributed by atoms with E-state index >= 15 is 0 Å². The van der Waals surface area contributed by atoms with Crippen LogP contribution in [-0.4, -0.2) is 34.3 Å². The third kappa shape index (κ3) is 6.50. The van der Waals surface area contributed by atoms with Gasteiger partial charge in [-0.2, -0.15) is 0 Å². The monoisotopic (exact) mass is 314 g/mol. The van der Waals surface area contributed by atoms with E-state index < -0.39 is 5.91 Å². The number of carbonyl (C=O) groups is 3. The van der Waals surface area contributed by atoms with Gasteiger partial charge in [0.25, 0.3) is 5.24 Å². The highest BCUT2D eigenvalue weighted by Crippen LogP contribution is 2.29. The van der Waals surface area contributed by atoms with Crippen LogP contribution >= 0.6 is 11.8 Å². The number of hydrogen-bond donors (Lipinski definition) is 1. The molecule has 2 N–H and O–H groups in total. The molecule has 0 unspecified atom stereocenters. The lowest BCUT2D eigenvalue weighted by Crippen LogP contribution is -2.38. The zero-order valence-electron chi connectivity index (χ0n) is 13.0. The van der Waals surface area contributed by atoms with Gasteiger partial charge in [-0.3, -0.25) is 19.3 Å². The van der Waals surface area contributed by atoms with E-state index in [0.717, 1.165) is 30.5 Å². The van der Waals surface area contributed by atoms with E-state index in [9.17, 15) is 14.4 Å². The normalized spacial score (nSPS) is 21.8. The summed E-state index contributed by atoms with van der Waals surface area (Å²) in [5.74, 6) is 0.938. The number of imide groups is 1. The molecule has 0 atom stereocenters. The zero-order valence-corrected chi connectivity index (χ0v) is 13.8. The van der Waals surface area contributed by atoms with Gasteiger partial charge >= 0.3 is 0 Å². The highest BCUT2D eigenvalue weighted by molar-refractivity contribution is 8.13. The fourth-order valence-corrected chi connectivity index (χ4v) is 3.37. The Morgan fingerprint density at radius 2 is 1.81 bits per heavy atom. The minimum atomic E-state index is -0.426. The quantitative estimate of drug-likeness (QED) is 0.817. The summed E-state index contributed by atoms with van der Waals surface area (Å²) in [4.78, 5) is 36.2. The molecule has 0 aromatic rings. The van der Waals surface area contributed by atoms with Crippen molar-refractivity contribution in [1.29, 1.82) is 0 Å². The second-order valence-electron chi connectivity index (χ2n) is 5.81. The van der Waals surface area contributed by atoms with Gasteiger partial charge in [0.1, 0.15) is 0 Å². The third-order valence-electron chi connectivity index (χ3n) is 3.97. The molecular weight excluding hydrogens is 288 g/mol. The van der Waals surface area contributed by atoms with Crippen molar-refractivity contribution in [2.75, 3.05) is 12.3 Å². The Labute approximate surface area is 131 Å². The number of carbonyl (C=O) groups excluding carboxylic acids is 3. The number of thioether (sulfide) groups is 1. The van der Waals surface area contributed by atoms with Gasteiger partial charge in [0.15, 0.2) is 0 Å². The van der Waals surface area contributed by atoms with Gasteiger partial charge in [-0.05, 0) is 24.7 Å². The average molecular weight is 314 g/mol. The van der Waals surface area contributed by atoms with Crippen LogP contribution in [0.1, 0.15) is 52.4 Å². The molecule has 3 amide bonds. The molecule has 21 heavy (non-hydrogen) atoms. The number of nitrogens with two attached hydrogens (primary N) is 1. The van der Waals surface area contributed by atoms with Crippen molar-refractivity contribution in [3.8, 4) is 0 Å². The number of hydrogen-bond acceptors (Lipinski definition) is 4. The summed E-state index contributed by atoms with van der Waals surface area (Å²) in [5.41, 5.74) is 5.06. The number of nitrogens with zero attached hydrogens (tertiary/aromatic N) is 1. The predicted octanol–water partition coefficient (Wildman–Crippen LogP) is 2.78. The van der Waals surface area contributed by atoms with Gasteiger partial charge in [0.05, 0.1) is 0 Å². The minimum Gasteiger partial charge on any atom is -0.370 e. The van der Waals surface area contributed by atoms with Crippen molar-refractivity contribution in [3.63, 3.8) is 0 Å². The molecule has 0 bridgehead atoms. The molecule has 0 radical (unpaired) electrons. The highest BCUT2D eigenvalue weighted by Gasteiger charge is 2.26. The van der Waals surface area contributed by atoms with Crippen LogP contribution in [0.25, 0.3) is 0 Å². The van der Waals surface area contributed by atoms with Crippen LogP contribution in [0.15, 0.2) is 0 Å². The Morgan fingerprint density at radius 3 is 2.33 bits per heavy atom. The molecule has 0 spiro atoms. The maximum absolute atomic E-state index is 12.2. The predicted molar refractivity (Wildman–Crippen MR) is 84.8 cm³/mol. The Kier molecular flexibility index (Phi) is 7.78. The first-order valence-electron chi connectivity index (χ1n) is 7.69. The smallest absolute Gasteiger partial charge is 0.288 e. The van der Waals surface area contributed by atoms with Crippen molar-refractivity contribution >= 4 is 28.8 Å². The molecule has 0 heterocycles. The van der Waals surface area contributed by atoms with Crippen LogP contribution in [0, 0.1) is 11.8 Å². The number of primary amides is 1. The molecule has 0 saturated heterocycles. The summed E-state index contributed by atoms with van der Waals surface area (Å²) in [7, 11) is 0. The molecule has 0 aliphatic heterocycles. The van der Waals surface area contributed by atoms with Crippen LogP contribution < -0.4 is 5.73 Å². The minimum absolute atomic E-state index is 0.134. The van der Waals surface area contributed by atoms with Crippen molar-refractivity contribution in [3.05, 3.63) is 0 Å². The van der Waals surface area contributed by atoms with Crippen LogP contribution in [0.2, 0.25) is 0 Å². The van der Waals surface area contributed by atoms with E-state index in [1.807, 2.05) is 0 Å². The van der Waals surface area contributed by atoms with Crippen molar-refractivity contribution in [2.24, 2.45) is 17.6 Å². The van der Waals surface area contributed by atoms with Crippen LogP contribution in [0.4, 0.5) is 4.79 Å². The SMILES string of the molecule is CCC(=O)N(CC1CCC(C)CC1)C(=O)SCCC(N)=O. The molecule has 0 aromatic carbocycles. The van der Waals surface area contributed by atoms with E-state index in [1.165, 1.54) is 17.7 Å². The zero-order chi connectivity index (χ0) is 15.8. The van der Waals surface area contributed by atoms with Crippen molar-refractivity contribution in [1.82, 2.24) is 4.90 Å². The van der Waals surface area contributed by atoms with Gasteiger partial charge in [-0.15, -0.1) is 0 Å². The molecule has 1 saturated carbocycles. The summed E-state index contributed by atoms with van der Waals surface area (Å²) in [6, 6.07) is 0. The van der Waals surface area contributed by atoms with Crippen LogP contribution in [0.3, 0.4) is 0 Å². The van der Waals surface area contributed by atoms with E-state index in [2.05, 4.69) is 6.92 Å². The summed E-state index contributed by atoms with van der Waals surface area (Å²) in [6.07, 6.45) is 4.97. The second kappa shape index (κ2) is 9.07. The molecule has 1 aliphatic carbocycles. The highest BCUT2D eigenvalue weighted by atomic mass is 32.2. The summed E-state index contributed by atoms with van der Waals surface area (Å²) in [5, 5.41) is -0.248. The van der Waals surface area contributed by atoms with E-state index in [4.69, 9.17) is 5.73 Å². The third-order valence-corrected chi connectivity index (χ3v) is 4.85. The first-order valence-corrected chi connectivity index (χ1v) is 8.68. The Bertz CT molecular complexity index is 379. The second-order valence-corrected chi connectivity index (χ2v) is 6.86. The van der Waals surface area contributed by atoms with Crippen molar-refractivity contribution in [2.45, 2.75) is 52.4 Å². The number of amides is 3. The molecule has 120 valence electrons. The first kappa shape index (κ1) is 18.0. The fourth-order valence-electron chi connectivity index (χ4n) is 2.56. The van der Waals surface area contributed by atoms with E-state index in [1.54, 1.807) is 6.92 Å². The first-order chi connectivity index (χ1) is 9.93. The molecule has 1 rings (SSSR count). The van der Waals surface area contributed by atoms with E-state index in [0.29, 0.717) is 24.6 Å². The van der Waals surface area contributed by atoms with E-state index in [-0.39, 0.29) is 17.6 Å². The van der Waals surface area contributed by atoms with Crippen LogP contribution in [0.5, 0.6) is 0 Å². The standard InChI is InChI=1S/C15H26N2O3S/c1-3-14(19)17(15(20)21-9-8-13(16)18)10-12-6-4-11(2)5-7-12/h11-12H,3-10H2,1-2H3,(H2,16,18). The van der Waals surface area contributed by atoms with Gasteiger partial charge in [0.2, 0.25) is 11.8 Å². The molecule has 1 fully saturated rings. The molecular formula is C15H26N2O3S. The maximum Gasteiger partial charge on any atom is 0.288 e. The van der Waals surface area contributed by atoms with Crippen LogP contribution in [-0.2, 0) is 9.59 Å². The number of rotatable bonds is 6. The van der Waals surface area contributed by atoms with Gasteiger partial charge in [-0.25, -0.2) is 0 Å². The van der Waals surface area contributed by atoms with Gasteiger partial charge < -0.3 is 5.73 Å². The lowest BCUT2D eigenvalue weighted by Gasteiger charge is -2.30. The molecule has 6 heteroatoms. The largest absolute Gasteiger partial charge is 0.370 e. The van der Waals surface area contributed by atoms with Gasteiger partial charge in [-0.1, -0.05) is 38.5 Å². The Morgan fingerprint density at radius 1 is 1.19 bits per heavy atom. The summed E-state index contributed by atoms with van der Waals surface area (Å²) >= 11 is 1.01. The van der Waals surface area contributed by atoms with Crippen molar-refractivity contribution < 1.29 is 14.4 Å². The Balaban J connectivity index is 2.52. The average Bonchev–Trinajstić information content (AvgIpc) is 2.45. The fraction of sp³-hybridized carbons (Fsp3) is 0.800. The summed E-state index contributed by atoms with van der Waals surface area (Å²) in [6.45, 7) is 4.53. The summed E-state index contributed by atoms with van der Waals surface area (Å²) < 4.78 is 0. The lowest BCUT2D eigenvalue weighted by molar-refractivity contribution is -0.128.